The number of aromatic nitrogens is 6. The van der Waals surface area contributed by atoms with Crippen LogP contribution in [0.5, 0.6) is 17.2 Å². The molecule has 730 valence electrons. The fraction of sp³-hybridized carbons (Fsp3) is 0.430. The van der Waals surface area contributed by atoms with E-state index >= 15 is 0 Å². The molecule has 3 aromatic heterocycles. The number of alkyl halides is 1. The van der Waals surface area contributed by atoms with Gasteiger partial charge in [0.2, 0.25) is 29.0 Å². The minimum absolute atomic E-state index is 0. The molecule has 41 heteroatoms. The molecular weight excluding hydrogens is 1840 g/mol. The number of halogens is 8. The molecule has 13 N–H and O–H groups in total. The molecule has 0 bridgehead atoms. The van der Waals surface area contributed by atoms with Crippen LogP contribution in [0.25, 0.3) is 0 Å². The molecule has 0 aliphatic carbocycles. The Hall–Kier alpha value is -11.3. The van der Waals surface area contributed by atoms with Gasteiger partial charge in [0.1, 0.15) is 57.8 Å². The summed E-state index contributed by atoms with van der Waals surface area (Å²) < 4.78 is 59.4. The van der Waals surface area contributed by atoms with Gasteiger partial charge in [-0.1, -0.05) is 77.0 Å². The number of likely N-dealkylation sites (N-methyl/N-ethyl adjacent to an activating group) is 6. The summed E-state index contributed by atoms with van der Waals surface area (Å²) in [5.74, 6) is 3.16. The topological polar surface area (TPSA) is 410 Å². The fourth-order valence-corrected chi connectivity index (χ4v) is 16.5. The number of rotatable bonds is 32. The molecule has 134 heavy (non-hydrogen) atoms. The van der Waals surface area contributed by atoms with E-state index in [9.17, 15) is 48.2 Å². The second-order valence-electron chi connectivity index (χ2n) is 34.2. The molecule has 0 radical (unpaired) electrons. The van der Waals surface area contributed by atoms with Gasteiger partial charge in [-0.25, -0.2) is 28.1 Å². The first kappa shape index (κ1) is 111. The molecule has 33 nitrogen and oxygen atoms in total. The number of nitrogens with two attached hydrogens (primary N) is 1. The predicted octanol–water partition coefficient (Wildman–Crippen LogP) is 19.3. The van der Waals surface area contributed by atoms with Crippen LogP contribution in [0.15, 0.2) is 122 Å². The van der Waals surface area contributed by atoms with Gasteiger partial charge in [-0.05, 0) is 184 Å². The van der Waals surface area contributed by atoms with Gasteiger partial charge in [-0.15, -0.1) is 11.6 Å². The third-order valence-electron chi connectivity index (χ3n) is 21.9. The van der Waals surface area contributed by atoms with Gasteiger partial charge in [-0.3, -0.25) is 24.5 Å². The van der Waals surface area contributed by atoms with E-state index in [1.165, 1.54) is 75.7 Å². The zero-order valence-electron chi connectivity index (χ0n) is 77.0. The first-order valence-corrected chi connectivity index (χ1v) is 44.0. The summed E-state index contributed by atoms with van der Waals surface area (Å²) in [5.41, 5.74) is 9.18. The van der Waals surface area contributed by atoms with E-state index in [0.717, 1.165) is 63.4 Å². The number of aliphatic hydroxyl groups is 3. The molecule has 0 spiro atoms. The largest absolute Gasteiger partial charge is 0.494 e. The number of benzene rings is 6. The molecule has 3 aliphatic rings. The van der Waals surface area contributed by atoms with Crippen LogP contribution in [-0.4, -0.2) is 214 Å². The number of amides is 1. The summed E-state index contributed by atoms with van der Waals surface area (Å²) in [7, 11) is 16.9. The van der Waals surface area contributed by atoms with Gasteiger partial charge in [0.25, 0.3) is 12.2 Å². The van der Waals surface area contributed by atoms with Crippen LogP contribution in [0, 0.1) is 45.3 Å². The van der Waals surface area contributed by atoms with E-state index in [-0.39, 0.29) is 83.2 Å². The summed E-state index contributed by atoms with van der Waals surface area (Å²) in [4.78, 5) is 81.7. The number of nitro benzene ring substituents is 1. The van der Waals surface area contributed by atoms with Gasteiger partial charge < -0.3 is 107 Å². The number of methoxy groups -OCH3 is 3. The number of carbonyl (C=O) groups is 3. The highest BCUT2D eigenvalue weighted by Gasteiger charge is 2.35. The number of nitrogens with zero attached hydrogens (tertiary/aromatic N) is 13. The zero-order valence-corrected chi connectivity index (χ0v) is 80.7. The van der Waals surface area contributed by atoms with Crippen molar-refractivity contribution in [1.82, 2.24) is 44.6 Å². The number of nitrogen functional groups attached to an aromatic ring is 1. The molecule has 3 aliphatic heterocycles. The van der Waals surface area contributed by atoms with Crippen LogP contribution in [0.2, 0.25) is 15.1 Å². The normalized spacial score (nSPS) is 16.4. The minimum atomic E-state index is -1.37. The van der Waals surface area contributed by atoms with Gasteiger partial charge in [0, 0.05) is 167 Å². The van der Waals surface area contributed by atoms with Crippen LogP contribution in [-0.2, 0) is 31.2 Å². The lowest BCUT2D eigenvalue weighted by molar-refractivity contribution is -0.384. The number of hydrogen-bond acceptors (Lipinski definition) is 30. The second-order valence-corrected chi connectivity index (χ2v) is 36.2. The molecule has 3 fully saturated rings. The van der Waals surface area contributed by atoms with E-state index in [4.69, 9.17) is 87.9 Å². The molecule has 3 saturated heterocycles. The van der Waals surface area contributed by atoms with Crippen LogP contribution in [0.3, 0.4) is 0 Å². The highest BCUT2D eigenvalue weighted by atomic mass is 35.5. The summed E-state index contributed by atoms with van der Waals surface area (Å²) >= 11 is 28.0. The Kier molecular flexibility index (Phi) is 41.4. The predicted molar refractivity (Wildman–Crippen MR) is 533 cm³/mol. The van der Waals surface area contributed by atoms with Crippen molar-refractivity contribution >= 4 is 179 Å². The molecule has 0 saturated carbocycles. The van der Waals surface area contributed by atoms with E-state index in [2.05, 4.69) is 140 Å². The molecular formula is C93H125Cl5F3N21O12. The summed E-state index contributed by atoms with van der Waals surface area (Å²) in [6, 6.07) is 24.1. The van der Waals surface area contributed by atoms with Gasteiger partial charge in [-0.2, -0.15) is 15.0 Å². The number of likely N-dealkylation sites (tertiary alicyclic amines) is 3. The smallest absolute Gasteiger partial charge is 0.294 e. The first-order chi connectivity index (χ1) is 62.1. The highest BCUT2D eigenvalue weighted by Crippen LogP contribution is 2.45. The van der Waals surface area contributed by atoms with Crippen molar-refractivity contribution in [2.45, 2.75) is 138 Å². The number of nitro groups is 1. The summed E-state index contributed by atoms with van der Waals surface area (Å²) in [6.07, 6.45) is 9.35. The average Bonchev–Trinajstić information content (AvgIpc) is 1.15. The SMILES string of the molecule is C.C.C=CC(=O)Nc1cc(Nc2nccc(Nc3cc(Cl)c(F)cc3C(C)(C)O)n2)c(OC)cc1N(C)C[C@H]1C[C@H](C)CN1C.COc1cc(N(C)C[C@H]2C[C@H](C)CN2C)c(N)cc1Nc1nccc(Nc2cc(Cl)c(F)cc2C(C)(C)O)n1.COc1cc(N(C)C[C@H]2C[C@H](C)CN2C)c([N+](=O)[O-])cc1Nc1nccc(Nc2cc(Cl)c(F)cc2C(C)(C)O)n1.O=C(Cl)CCCl.O=CO. The monoisotopic (exact) mass is 1960 g/mol. The third kappa shape index (κ3) is 31.1. The maximum atomic E-state index is 14.2. The van der Waals surface area contributed by atoms with Crippen molar-refractivity contribution in [1.29, 1.82) is 0 Å². The maximum Gasteiger partial charge on any atom is 0.294 e. The Balaban J connectivity index is 0.000000293. The number of carboxylic acid groups (broad SMARTS) is 1. The van der Waals surface area contributed by atoms with Crippen molar-refractivity contribution in [2.24, 2.45) is 17.8 Å². The lowest BCUT2D eigenvalue weighted by atomic mass is 9.96. The zero-order chi connectivity index (χ0) is 97.7. The first-order valence-electron chi connectivity index (χ1n) is 41.9. The van der Waals surface area contributed by atoms with E-state index < -0.39 is 39.2 Å². The maximum absolute atomic E-state index is 14.2. The lowest BCUT2D eigenvalue weighted by Crippen LogP contribution is -2.37. The molecule has 9 aromatic rings. The van der Waals surface area contributed by atoms with Crippen LogP contribution < -0.4 is 71.9 Å². The van der Waals surface area contributed by atoms with Gasteiger partial charge in [0.15, 0.2) is 0 Å². The van der Waals surface area contributed by atoms with Crippen molar-refractivity contribution in [3.63, 3.8) is 0 Å². The second kappa shape index (κ2) is 49.8. The van der Waals surface area contributed by atoms with Crippen LogP contribution >= 0.6 is 58.0 Å². The van der Waals surface area contributed by atoms with E-state index in [0.29, 0.717) is 145 Å². The standard InChI is InChI=1S/C31H39ClFN7O3.C28H35ClFN7O4.C28H37ClFN7O2.C3H4Cl2O.CH2O2.2CH4/c1-8-29(41)36-24-14-25(27(43-7)15-26(24)40(6)17-19-11-18(2)16-39(19)5)37-30-34-10-9-28(38-30)35-23-13-21(32)22(33)12-20(23)31(3,4)42;1-16-9-17(35(4)14-16)15-36(5)23-13-25(41-6)22(12-24(23)37(39)40)33-27-31-8-7-26(34-27)32-21-11-19(29)20(30)10-18(21)28(2,3)38;1-16-9-17(36(4)14-16)15-37(5)24-13-25(39-6)23(12-21(24)31)34-27-32-8-7-26(35-27)33-22-11-19(29)20(30)10-18(22)28(2,3)38;4-2-1-3(5)6;2-1-3;;/h8-10,12-15,18-19,42H,1,11,16-17H2,2-7H3,(H,36,41)(H2,34,35,37,38);7-8,10-13,16-17,38H,9,14-15H2,1-6H3,(H2,31,32,33,34);7-8,10-13,16-17,38H,9,14-15,31H2,1-6H3,(H2,32,33,34,35);1-2H2;1H,(H,2,3);2*1H4/t18-,19+;2*16-,17+;;;;/m000..../s1. The molecule has 12 rings (SSSR count). The Labute approximate surface area is 806 Å². The molecule has 6 aromatic carbocycles. The lowest BCUT2D eigenvalue weighted by Gasteiger charge is -2.29. The summed E-state index contributed by atoms with van der Waals surface area (Å²) in [5, 5.41) is 71.5. The highest BCUT2D eigenvalue weighted by molar-refractivity contribution is 6.63. The molecule has 6 atom stereocenters. The van der Waals surface area contributed by atoms with Crippen molar-refractivity contribution in [3.05, 3.63) is 182 Å². The molecule has 1 amide bonds. The van der Waals surface area contributed by atoms with E-state index in [1.807, 2.05) is 38.2 Å². The quantitative estimate of drug-likeness (QED) is 0.00354. The average molecular weight is 1960 g/mol. The van der Waals surface area contributed by atoms with Crippen molar-refractivity contribution in [2.75, 3.05) is 166 Å². The Morgan fingerprint density at radius 3 is 1.15 bits per heavy atom. The molecule has 6 heterocycles. The van der Waals surface area contributed by atoms with Crippen LogP contribution in [0.4, 0.5) is 117 Å². The Bertz CT molecular complexity index is 5510. The Morgan fingerprint density at radius 1 is 0.545 bits per heavy atom. The number of anilines is 17. The summed E-state index contributed by atoms with van der Waals surface area (Å²) in [6.45, 7) is 24.8. The number of nitrogens with one attached hydrogen (secondary N) is 7. The number of hydrogen-bond donors (Lipinski definition) is 12. The van der Waals surface area contributed by atoms with Crippen molar-refractivity contribution < 1.29 is 67.1 Å². The van der Waals surface area contributed by atoms with Gasteiger partial charge >= 0.3 is 0 Å². The van der Waals surface area contributed by atoms with E-state index in [1.54, 1.807) is 90.7 Å². The fourth-order valence-electron chi connectivity index (χ4n) is 15.6. The third-order valence-corrected chi connectivity index (χ3v) is 23.2. The minimum Gasteiger partial charge on any atom is -0.494 e. The molecule has 0 unspecified atom stereocenters. The van der Waals surface area contributed by atoms with Crippen LogP contribution in [0.1, 0.15) is 120 Å². The Morgan fingerprint density at radius 2 is 0.858 bits per heavy atom. The number of ether oxygens (including phenoxy) is 3. The van der Waals surface area contributed by atoms with Crippen molar-refractivity contribution in [3.8, 4) is 17.2 Å². The number of carbonyl (C=O) groups excluding carboxylic acids is 2. The van der Waals surface area contributed by atoms with Gasteiger partial charge in [0.05, 0.1) is 97.9 Å².